The molecule has 4 nitrogen and oxygen atoms in total. The second-order valence-electron chi connectivity index (χ2n) is 3.22. The van der Waals surface area contributed by atoms with Crippen LogP contribution in [0.5, 0.6) is 0 Å². The van der Waals surface area contributed by atoms with E-state index in [2.05, 4.69) is 0 Å². The van der Waals surface area contributed by atoms with Gasteiger partial charge in [0.2, 0.25) is 0 Å². The van der Waals surface area contributed by atoms with Gasteiger partial charge in [-0.2, -0.15) is 0 Å². The van der Waals surface area contributed by atoms with E-state index in [0.717, 1.165) is 0 Å². The highest BCUT2D eigenvalue weighted by molar-refractivity contribution is 5.56. The molecule has 0 radical (unpaired) electrons. The molecule has 1 aromatic carbocycles. The predicted octanol–water partition coefficient (Wildman–Crippen LogP) is 2.11. The summed E-state index contributed by atoms with van der Waals surface area (Å²) in [5.74, 6) is -0.553. The fourth-order valence-corrected chi connectivity index (χ4v) is 1.10. The van der Waals surface area contributed by atoms with Crippen LogP contribution in [0.1, 0.15) is 5.56 Å². The maximum absolute atomic E-state index is 13.2. The summed E-state index contributed by atoms with van der Waals surface area (Å²) in [5.41, 5.74) is 0.370. The molecule has 0 atom stereocenters. The number of nitro groups is 1. The Bertz CT molecular complexity index is 377. The SMILES string of the molecule is Cc1c(F)cc(N(C)C)cc1[N+](=O)[O-]. The highest BCUT2D eigenvalue weighted by Crippen LogP contribution is 2.26. The molecule has 0 saturated heterocycles. The average Bonchev–Trinajstić information content (AvgIpc) is 2.08. The van der Waals surface area contributed by atoms with Crippen molar-refractivity contribution in [3.63, 3.8) is 0 Å². The maximum Gasteiger partial charge on any atom is 0.277 e. The molecule has 0 unspecified atom stereocenters. The summed E-state index contributed by atoms with van der Waals surface area (Å²) >= 11 is 0. The Morgan fingerprint density at radius 1 is 1.43 bits per heavy atom. The zero-order valence-corrected chi connectivity index (χ0v) is 8.24. The normalized spacial score (nSPS) is 10.0. The van der Waals surface area contributed by atoms with Gasteiger partial charge in [0, 0.05) is 25.8 Å². The first kappa shape index (κ1) is 10.4. The van der Waals surface area contributed by atoms with Gasteiger partial charge in [-0.05, 0) is 13.0 Å². The largest absolute Gasteiger partial charge is 0.377 e. The van der Waals surface area contributed by atoms with Crippen LogP contribution in [0.15, 0.2) is 12.1 Å². The lowest BCUT2D eigenvalue weighted by atomic mass is 10.1. The Morgan fingerprint density at radius 3 is 2.43 bits per heavy atom. The van der Waals surface area contributed by atoms with Gasteiger partial charge in [-0.1, -0.05) is 0 Å². The van der Waals surface area contributed by atoms with E-state index in [1.54, 1.807) is 19.0 Å². The predicted molar refractivity (Wildman–Crippen MR) is 52.1 cm³/mol. The molecule has 14 heavy (non-hydrogen) atoms. The van der Waals surface area contributed by atoms with Crippen LogP contribution in [-0.2, 0) is 0 Å². The Balaban J connectivity index is 3.35. The van der Waals surface area contributed by atoms with Crippen molar-refractivity contribution >= 4 is 11.4 Å². The zero-order chi connectivity index (χ0) is 10.9. The van der Waals surface area contributed by atoms with Crippen molar-refractivity contribution in [2.45, 2.75) is 6.92 Å². The molecule has 0 aliphatic heterocycles. The molecule has 0 spiro atoms. The Labute approximate surface area is 81.1 Å². The summed E-state index contributed by atoms with van der Waals surface area (Å²) in [5, 5.41) is 10.6. The number of halogens is 1. The summed E-state index contributed by atoms with van der Waals surface area (Å²) < 4.78 is 13.2. The van der Waals surface area contributed by atoms with E-state index in [9.17, 15) is 14.5 Å². The van der Waals surface area contributed by atoms with Gasteiger partial charge in [0.1, 0.15) is 5.82 Å². The molecule has 0 aliphatic carbocycles. The van der Waals surface area contributed by atoms with Gasteiger partial charge in [0.25, 0.3) is 5.69 Å². The second-order valence-corrected chi connectivity index (χ2v) is 3.22. The topological polar surface area (TPSA) is 46.4 Å². The first-order chi connectivity index (χ1) is 6.43. The lowest BCUT2D eigenvalue weighted by Crippen LogP contribution is -2.10. The maximum atomic E-state index is 13.2. The van der Waals surface area contributed by atoms with Crippen LogP contribution in [0, 0.1) is 22.9 Å². The third-order valence-corrected chi connectivity index (χ3v) is 2.01. The van der Waals surface area contributed by atoms with Gasteiger partial charge in [0.15, 0.2) is 0 Å². The molecular formula is C9H11FN2O2. The van der Waals surface area contributed by atoms with Gasteiger partial charge in [-0.25, -0.2) is 4.39 Å². The van der Waals surface area contributed by atoms with Crippen molar-refractivity contribution in [3.8, 4) is 0 Å². The van der Waals surface area contributed by atoms with Crippen LogP contribution < -0.4 is 4.90 Å². The number of rotatable bonds is 2. The lowest BCUT2D eigenvalue weighted by Gasteiger charge is -2.12. The number of anilines is 1. The molecule has 1 rings (SSSR count). The van der Waals surface area contributed by atoms with E-state index < -0.39 is 10.7 Å². The molecule has 76 valence electrons. The van der Waals surface area contributed by atoms with Gasteiger partial charge in [-0.15, -0.1) is 0 Å². The summed E-state index contributed by atoms with van der Waals surface area (Å²) in [4.78, 5) is 11.6. The summed E-state index contributed by atoms with van der Waals surface area (Å²) in [6.07, 6.45) is 0. The third kappa shape index (κ3) is 1.81. The van der Waals surface area contributed by atoms with E-state index in [1.807, 2.05) is 0 Å². The van der Waals surface area contributed by atoms with Gasteiger partial charge < -0.3 is 4.90 Å². The van der Waals surface area contributed by atoms with E-state index in [1.165, 1.54) is 19.1 Å². The second kappa shape index (κ2) is 3.61. The van der Waals surface area contributed by atoms with Crippen LogP contribution in [0.2, 0.25) is 0 Å². The molecule has 0 aliphatic rings. The molecule has 5 heteroatoms. The zero-order valence-electron chi connectivity index (χ0n) is 8.24. The van der Waals surface area contributed by atoms with Crippen molar-refractivity contribution in [2.24, 2.45) is 0 Å². The van der Waals surface area contributed by atoms with E-state index >= 15 is 0 Å². The number of nitro benzene ring substituents is 1. The monoisotopic (exact) mass is 198 g/mol. The molecule has 0 heterocycles. The first-order valence-corrected chi connectivity index (χ1v) is 4.05. The van der Waals surface area contributed by atoms with E-state index in [0.29, 0.717) is 5.69 Å². The standard InChI is InChI=1S/C9H11FN2O2/c1-6-8(10)4-7(11(2)3)5-9(6)12(13)14/h4-5H,1-3H3. The number of hydrogen-bond donors (Lipinski definition) is 0. The summed E-state index contributed by atoms with van der Waals surface area (Å²) in [6.45, 7) is 1.40. The Morgan fingerprint density at radius 2 is 2.00 bits per heavy atom. The summed E-state index contributed by atoms with van der Waals surface area (Å²) in [6, 6.07) is 2.64. The van der Waals surface area contributed by atoms with Crippen molar-refractivity contribution in [3.05, 3.63) is 33.6 Å². The van der Waals surface area contributed by atoms with Crippen LogP contribution in [0.4, 0.5) is 15.8 Å². The smallest absolute Gasteiger partial charge is 0.277 e. The molecule has 0 N–H and O–H groups in total. The highest BCUT2D eigenvalue weighted by atomic mass is 19.1. The fourth-order valence-electron chi connectivity index (χ4n) is 1.10. The third-order valence-electron chi connectivity index (χ3n) is 2.01. The van der Waals surface area contributed by atoms with Crippen LogP contribution in [-0.4, -0.2) is 19.0 Å². The molecule has 0 saturated carbocycles. The van der Waals surface area contributed by atoms with Gasteiger partial charge in [0.05, 0.1) is 10.5 Å². The van der Waals surface area contributed by atoms with Crippen LogP contribution >= 0.6 is 0 Å². The molecular weight excluding hydrogens is 187 g/mol. The summed E-state index contributed by atoms with van der Waals surface area (Å²) in [7, 11) is 3.40. The molecule has 0 fully saturated rings. The fraction of sp³-hybridized carbons (Fsp3) is 0.333. The minimum absolute atomic E-state index is 0.0700. The molecule has 1 aromatic rings. The minimum Gasteiger partial charge on any atom is -0.377 e. The van der Waals surface area contributed by atoms with Crippen molar-refractivity contribution in [1.82, 2.24) is 0 Å². The molecule has 0 bridgehead atoms. The molecule has 0 aromatic heterocycles. The number of nitrogens with zero attached hydrogens (tertiary/aromatic N) is 2. The minimum atomic E-state index is -0.578. The number of hydrogen-bond acceptors (Lipinski definition) is 3. The Hall–Kier alpha value is -1.65. The van der Waals surface area contributed by atoms with Crippen LogP contribution in [0.3, 0.4) is 0 Å². The quantitative estimate of drug-likeness (QED) is 0.540. The van der Waals surface area contributed by atoms with E-state index in [4.69, 9.17) is 0 Å². The molecule has 0 amide bonds. The highest BCUT2D eigenvalue weighted by Gasteiger charge is 2.16. The number of benzene rings is 1. The van der Waals surface area contributed by atoms with Crippen LogP contribution in [0.25, 0.3) is 0 Å². The Kier molecular flexibility index (Phi) is 2.69. The van der Waals surface area contributed by atoms with E-state index in [-0.39, 0.29) is 11.3 Å². The van der Waals surface area contributed by atoms with Crippen molar-refractivity contribution in [2.75, 3.05) is 19.0 Å². The van der Waals surface area contributed by atoms with Gasteiger partial charge in [-0.3, -0.25) is 10.1 Å². The average molecular weight is 198 g/mol. The first-order valence-electron chi connectivity index (χ1n) is 4.05. The van der Waals surface area contributed by atoms with Crippen molar-refractivity contribution < 1.29 is 9.31 Å². The van der Waals surface area contributed by atoms with Crippen molar-refractivity contribution in [1.29, 1.82) is 0 Å². The lowest BCUT2D eigenvalue weighted by molar-refractivity contribution is -0.385. The van der Waals surface area contributed by atoms with Gasteiger partial charge >= 0.3 is 0 Å².